The lowest BCUT2D eigenvalue weighted by Crippen LogP contribution is -2.31. The number of sulfone groups is 1. The molecular formula is C19H21N3O3S2. The van der Waals surface area contributed by atoms with Gasteiger partial charge in [0.25, 0.3) is 0 Å². The van der Waals surface area contributed by atoms with Gasteiger partial charge in [0.05, 0.1) is 26.7 Å². The molecule has 0 bridgehead atoms. The van der Waals surface area contributed by atoms with E-state index in [0.717, 1.165) is 34.3 Å². The number of aliphatic hydroxyl groups is 1. The summed E-state index contributed by atoms with van der Waals surface area (Å²) in [5.74, 6) is 0. The maximum absolute atomic E-state index is 11.8. The van der Waals surface area contributed by atoms with Crippen LogP contribution in [0, 0.1) is 0 Å². The number of thiazole rings is 1. The molecule has 1 aromatic carbocycles. The van der Waals surface area contributed by atoms with E-state index in [9.17, 15) is 13.5 Å². The molecule has 3 aromatic rings. The van der Waals surface area contributed by atoms with E-state index >= 15 is 0 Å². The number of hydrogen-bond acceptors (Lipinski definition) is 7. The minimum atomic E-state index is -3.35. The maximum atomic E-state index is 11.8. The van der Waals surface area contributed by atoms with Crippen LogP contribution in [0.5, 0.6) is 0 Å². The third kappa shape index (κ3) is 3.62. The summed E-state index contributed by atoms with van der Waals surface area (Å²) >= 11 is 1.62. The maximum Gasteiger partial charge on any atom is 0.177 e. The van der Waals surface area contributed by atoms with Crippen LogP contribution in [0.1, 0.15) is 35.9 Å². The summed E-state index contributed by atoms with van der Waals surface area (Å²) in [5, 5.41) is 10.7. The molecule has 3 heterocycles. The third-order valence-corrected chi connectivity index (χ3v) is 7.08. The van der Waals surface area contributed by atoms with E-state index < -0.39 is 15.9 Å². The Morgan fingerprint density at radius 2 is 2.11 bits per heavy atom. The van der Waals surface area contributed by atoms with Crippen molar-refractivity contribution in [3.8, 4) is 0 Å². The van der Waals surface area contributed by atoms with Crippen LogP contribution < -0.4 is 0 Å². The van der Waals surface area contributed by atoms with Crippen molar-refractivity contribution in [2.75, 3.05) is 19.3 Å². The van der Waals surface area contributed by atoms with Crippen molar-refractivity contribution >= 4 is 31.4 Å². The van der Waals surface area contributed by atoms with Gasteiger partial charge in [-0.05, 0) is 30.7 Å². The van der Waals surface area contributed by atoms with Crippen LogP contribution in [-0.2, 0) is 16.3 Å². The average Bonchev–Trinajstić information content (AvgIpc) is 3.04. The molecule has 27 heavy (non-hydrogen) atoms. The minimum Gasteiger partial charge on any atom is -0.387 e. The Morgan fingerprint density at radius 3 is 2.89 bits per heavy atom. The van der Waals surface area contributed by atoms with E-state index in [1.54, 1.807) is 17.4 Å². The van der Waals surface area contributed by atoms with Crippen LogP contribution in [0.2, 0.25) is 0 Å². The van der Waals surface area contributed by atoms with Crippen LogP contribution in [0.25, 0.3) is 10.2 Å². The molecule has 0 radical (unpaired) electrons. The van der Waals surface area contributed by atoms with Gasteiger partial charge in [-0.3, -0.25) is 9.88 Å². The molecule has 6 nitrogen and oxygen atoms in total. The minimum absolute atomic E-state index is 0.106. The monoisotopic (exact) mass is 403 g/mol. The molecule has 1 aliphatic heterocycles. The van der Waals surface area contributed by atoms with Crippen molar-refractivity contribution in [3.05, 3.63) is 52.8 Å². The molecule has 1 unspecified atom stereocenters. The molecule has 0 spiro atoms. The quantitative estimate of drug-likeness (QED) is 0.724. The number of fused-ring (bicyclic) bond motifs is 2. The van der Waals surface area contributed by atoms with Gasteiger partial charge in [0.15, 0.2) is 9.84 Å². The molecule has 1 aliphatic rings. The smallest absolute Gasteiger partial charge is 0.177 e. The van der Waals surface area contributed by atoms with Gasteiger partial charge in [0, 0.05) is 49.3 Å². The first kappa shape index (κ1) is 18.5. The van der Waals surface area contributed by atoms with Crippen molar-refractivity contribution < 1.29 is 13.5 Å². The first-order valence-corrected chi connectivity index (χ1v) is 11.5. The lowest BCUT2D eigenvalue weighted by atomic mass is 10.1. The Kier molecular flexibility index (Phi) is 4.75. The summed E-state index contributed by atoms with van der Waals surface area (Å²) in [4.78, 5) is 11.1. The van der Waals surface area contributed by atoms with Gasteiger partial charge in [-0.1, -0.05) is 6.07 Å². The topological polar surface area (TPSA) is 83.4 Å². The number of pyridine rings is 1. The Morgan fingerprint density at radius 1 is 1.30 bits per heavy atom. The standard InChI is InChI=1S/C19H21N3O3S2/c1-12(13-3-4-19-17(7-13)21-11-26-19)22-6-5-16-15(18(23)10-22)8-14(9-20-16)27(2,24)25/h3-4,7-9,11-12,18,23H,5-6,10H2,1-2H3/t12?,18-/m0/s1. The SMILES string of the molecule is CC(c1ccc2scnc2c1)N1CCc2ncc(S(C)(=O)=O)cc2[C@@H](O)C1. The van der Waals surface area contributed by atoms with Crippen molar-refractivity contribution in [3.63, 3.8) is 0 Å². The molecule has 8 heteroatoms. The number of hydrogen-bond donors (Lipinski definition) is 1. The number of rotatable bonds is 3. The molecule has 1 N–H and O–H groups in total. The van der Waals surface area contributed by atoms with Gasteiger partial charge in [-0.15, -0.1) is 11.3 Å². The average molecular weight is 404 g/mol. The van der Waals surface area contributed by atoms with Crippen LogP contribution in [-0.4, -0.2) is 47.7 Å². The normalized spacial score (nSPS) is 19.6. The van der Waals surface area contributed by atoms with E-state index in [1.165, 1.54) is 6.20 Å². The summed E-state index contributed by atoms with van der Waals surface area (Å²) in [5.41, 5.74) is 5.36. The highest BCUT2D eigenvalue weighted by Gasteiger charge is 2.27. The van der Waals surface area contributed by atoms with Crippen molar-refractivity contribution in [1.82, 2.24) is 14.9 Å². The van der Waals surface area contributed by atoms with Gasteiger partial charge in [-0.2, -0.15) is 0 Å². The second-order valence-corrected chi connectivity index (χ2v) is 9.90. The molecule has 0 fully saturated rings. The Bertz CT molecular complexity index is 1090. The van der Waals surface area contributed by atoms with Crippen molar-refractivity contribution in [2.24, 2.45) is 0 Å². The zero-order chi connectivity index (χ0) is 19.2. The molecule has 4 rings (SSSR count). The molecule has 2 aromatic heterocycles. The predicted octanol–water partition coefficient (Wildman–Crippen LogP) is 2.75. The van der Waals surface area contributed by atoms with Crippen molar-refractivity contribution in [2.45, 2.75) is 30.4 Å². The summed E-state index contributed by atoms with van der Waals surface area (Å²) in [6.07, 6.45) is 2.43. The fourth-order valence-electron chi connectivity index (χ4n) is 3.55. The van der Waals surface area contributed by atoms with E-state index in [0.29, 0.717) is 18.5 Å². The molecule has 142 valence electrons. The molecule has 0 saturated carbocycles. The molecular weight excluding hydrogens is 382 g/mol. The highest BCUT2D eigenvalue weighted by molar-refractivity contribution is 7.90. The Balaban J connectivity index is 1.61. The third-order valence-electron chi connectivity index (χ3n) is 5.19. The largest absolute Gasteiger partial charge is 0.387 e. The van der Waals surface area contributed by atoms with Crippen LogP contribution in [0.15, 0.2) is 40.9 Å². The second kappa shape index (κ2) is 6.94. The van der Waals surface area contributed by atoms with E-state index in [4.69, 9.17) is 0 Å². The summed E-state index contributed by atoms with van der Waals surface area (Å²) < 4.78 is 24.8. The molecule has 0 amide bonds. The fraction of sp³-hybridized carbons (Fsp3) is 0.368. The molecule has 2 atom stereocenters. The van der Waals surface area contributed by atoms with Gasteiger partial charge in [-0.25, -0.2) is 13.4 Å². The van der Waals surface area contributed by atoms with Gasteiger partial charge < -0.3 is 5.11 Å². The summed E-state index contributed by atoms with van der Waals surface area (Å²) in [6, 6.07) is 7.96. The first-order chi connectivity index (χ1) is 12.8. The number of aromatic nitrogens is 2. The van der Waals surface area contributed by atoms with Crippen molar-refractivity contribution in [1.29, 1.82) is 0 Å². The van der Waals surface area contributed by atoms with Gasteiger partial charge in [0.1, 0.15) is 0 Å². The summed E-state index contributed by atoms with van der Waals surface area (Å²) in [6.45, 7) is 3.29. The predicted molar refractivity (Wildman–Crippen MR) is 106 cm³/mol. The lowest BCUT2D eigenvalue weighted by molar-refractivity contribution is 0.0984. The highest BCUT2D eigenvalue weighted by atomic mass is 32.2. The van der Waals surface area contributed by atoms with Crippen LogP contribution in [0.3, 0.4) is 0 Å². The molecule has 0 aliphatic carbocycles. The first-order valence-electron chi connectivity index (χ1n) is 8.77. The van der Waals surface area contributed by atoms with Crippen LogP contribution >= 0.6 is 11.3 Å². The Labute approximate surface area is 162 Å². The van der Waals surface area contributed by atoms with Crippen LogP contribution in [0.4, 0.5) is 0 Å². The van der Waals surface area contributed by atoms with E-state index in [2.05, 4.69) is 40.0 Å². The second-order valence-electron chi connectivity index (χ2n) is 7.00. The lowest BCUT2D eigenvalue weighted by Gasteiger charge is -2.29. The number of aliphatic hydroxyl groups excluding tert-OH is 1. The van der Waals surface area contributed by atoms with E-state index in [-0.39, 0.29) is 10.9 Å². The fourth-order valence-corrected chi connectivity index (χ4v) is 4.79. The zero-order valence-corrected chi connectivity index (χ0v) is 16.8. The highest BCUT2D eigenvalue weighted by Crippen LogP contribution is 2.31. The summed E-state index contributed by atoms with van der Waals surface area (Å²) in [7, 11) is -3.35. The van der Waals surface area contributed by atoms with Gasteiger partial charge in [0.2, 0.25) is 0 Å². The number of benzene rings is 1. The number of β-amino-alcohol motifs (C(OH)–C–C–N with tert-alkyl or cyclic N) is 1. The number of nitrogens with zero attached hydrogens (tertiary/aromatic N) is 3. The zero-order valence-electron chi connectivity index (χ0n) is 15.2. The Hall–Kier alpha value is -1.87. The molecule has 0 saturated heterocycles. The van der Waals surface area contributed by atoms with E-state index in [1.807, 2.05) is 5.51 Å². The van der Waals surface area contributed by atoms with Gasteiger partial charge >= 0.3 is 0 Å².